The molecule has 1 aromatic carbocycles. The number of aliphatic hydroxyl groups excluding tert-OH is 1. The third-order valence-electron chi connectivity index (χ3n) is 3.56. The van der Waals surface area contributed by atoms with Gasteiger partial charge in [0.2, 0.25) is 0 Å². The zero-order valence-electron chi connectivity index (χ0n) is 9.97. The molecule has 16 heavy (non-hydrogen) atoms. The van der Waals surface area contributed by atoms with Crippen molar-refractivity contribution >= 4 is 0 Å². The molecule has 0 bridgehead atoms. The highest BCUT2D eigenvalue weighted by molar-refractivity contribution is 5.16. The molecule has 2 nitrogen and oxygen atoms in total. The lowest BCUT2D eigenvalue weighted by atomic mass is 9.94. The normalized spacial score (nSPS) is 24.2. The Hall–Kier alpha value is -0.860. The summed E-state index contributed by atoms with van der Waals surface area (Å²) in [6.07, 6.45) is 4.19. The van der Waals surface area contributed by atoms with Crippen LogP contribution in [0.4, 0.5) is 0 Å². The predicted molar refractivity (Wildman–Crippen MR) is 66.4 cm³/mol. The van der Waals surface area contributed by atoms with Gasteiger partial charge in [0, 0.05) is 6.04 Å². The monoisotopic (exact) mass is 219 g/mol. The topological polar surface area (TPSA) is 23.5 Å². The van der Waals surface area contributed by atoms with Crippen molar-refractivity contribution in [3.05, 3.63) is 35.9 Å². The van der Waals surface area contributed by atoms with Gasteiger partial charge in [-0.05, 0) is 38.4 Å². The maximum atomic E-state index is 10.3. The van der Waals surface area contributed by atoms with Crippen LogP contribution in [0, 0.1) is 0 Å². The molecule has 0 spiro atoms. The number of rotatable bonds is 3. The highest BCUT2D eigenvalue weighted by Gasteiger charge is 2.25. The first kappa shape index (κ1) is 11.6. The van der Waals surface area contributed by atoms with Crippen LogP contribution in [-0.2, 0) is 6.42 Å². The van der Waals surface area contributed by atoms with Gasteiger partial charge in [-0.15, -0.1) is 0 Å². The molecule has 1 aliphatic rings. The Morgan fingerprint density at radius 1 is 1.31 bits per heavy atom. The van der Waals surface area contributed by atoms with Gasteiger partial charge in [-0.25, -0.2) is 0 Å². The molecular formula is C14H21NO. The quantitative estimate of drug-likeness (QED) is 0.841. The largest absolute Gasteiger partial charge is 0.391 e. The number of nitrogens with zero attached hydrogens (tertiary/aromatic N) is 1. The van der Waals surface area contributed by atoms with Crippen molar-refractivity contribution < 1.29 is 5.11 Å². The average molecular weight is 219 g/mol. The second-order valence-electron chi connectivity index (χ2n) is 4.80. The summed E-state index contributed by atoms with van der Waals surface area (Å²) in [4.78, 5) is 2.30. The zero-order valence-corrected chi connectivity index (χ0v) is 9.97. The van der Waals surface area contributed by atoms with E-state index >= 15 is 0 Å². The third-order valence-corrected chi connectivity index (χ3v) is 3.56. The average Bonchev–Trinajstić information content (AvgIpc) is 2.31. The van der Waals surface area contributed by atoms with Crippen LogP contribution in [-0.4, -0.2) is 35.7 Å². The van der Waals surface area contributed by atoms with E-state index < -0.39 is 0 Å². The van der Waals surface area contributed by atoms with Gasteiger partial charge in [-0.3, -0.25) is 0 Å². The first-order valence-corrected chi connectivity index (χ1v) is 6.19. The Labute approximate surface area is 97.9 Å². The predicted octanol–water partition coefficient (Wildman–Crippen LogP) is 2.07. The molecule has 1 heterocycles. The highest BCUT2D eigenvalue weighted by Crippen LogP contribution is 2.20. The summed E-state index contributed by atoms with van der Waals surface area (Å²) in [6.45, 7) is 1.12. The number of benzene rings is 1. The van der Waals surface area contributed by atoms with E-state index in [1.165, 1.54) is 18.4 Å². The summed E-state index contributed by atoms with van der Waals surface area (Å²) in [5.41, 5.74) is 1.23. The standard InChI is InChI=1S/C14H21NO/c1-15-10-6-5-9-13(15)14(16)11-12-7-3-2-4-8-12/h2-4,7-8,13-14,16H,5-6,9-11H2,1H3. The minimum Gasteiger partial charge on any atom is -0.391 e. The van der Waals surface area contributed by atoms with Gasteiger partial charge < -0.3 is 10.0 Å². The number of likely N-dealkylation sites (N-methyl/N-ethyl adjacent to an activating group) is 1. The van der Waals surface area contributed by atoms with Crippen LogP contribution in [0.15, 0.2) is 30.3 Å². The molecule has 1 aliphatic heterocycles. The van der Waals surface area contributed by atoms with E-state index in [9.17, 15) is 5.11 Å². The summed E-state index contributed by atoms with van der Waals surface area (Å²) < 4.78 is 0. The SMILES string of the molecule is CN1CCCCC1C(O)Cc1ccccc1. The van der Waals surface area contributed by atoms with E-state index in [0.29, 0.717) is 6.04 Å². The van der Waals surface area contributed by atoms with Gasteiger partial charge in [-0.2, -0.15) is 0 Å². The van der Waals surface area contributed by atoms with Crippen LogP contribution < -0.4 is 0 Å². The van der Waals surface area contributed by atoms with Crippen molar-refractivity contribution in [2.75, 3.05) is 13.6 Å². The van der Waals surface area contributed by atoms with E-state index in [0.717, 1.165) is 19.4 Å². The van der Waals surface area contributed by atoms with Crippen molar-refractivity contribution in [2.24, 2.45) is 0 Å². The lowest BCUT2D eigenvalue weighted by molar-refractivity contribution is 0.0415. The van der Waals surface area contributed by atoms with Crippen molar-refractivity contribution in [3.8, 4) is 0 Å². The Morgan fingerprint density at radius 2 is 2.06 bits per heavy atom. The molecule has 2 atom stereocenters. The summed E-state index contributed by atoms with van der Waals surface area (Å²) in [5.74, 6) is 0. The zero-order chi connectivity index (χ0) is 11.4. The molecule has 0 aliphatic carbocycles. The molecule has 1 fully saturated rings. The van der Waals surface area contributed by atoms with Gasteiger partial charge in [-0.1, -0.05) is 36.8 Å². The van der Waals surface area contributed by atoms with Crippen molar-refractivity contribution in [1.29, 1.82) is 0 Å². The highest BCUT2D eigenvalue weighted by atomic mass is 16.3. The molecule has 0 aromatic heterocycles. The van der Waals surface area contributed by atoms with Crippen LogP contribution in [0.3, 0.4) is 0 Å². The van der Waals surface area contributed by atoms with Crippen LogP contribution in [0.25, 0.3) is 0 Å². The lowest BCUT2D eigenvalue weighted by Crippen LogP contribution is -2.45. The van der Waals surface area contributed by atoms with Crippen LogP contribution in [0.2, 0.25) is 0 Å². The summed E-state index contributed by atoms with van der Waals surface area (Å²) in [7, 11) is 2.12. The summed E-state index contributed by atoms with van der Waals surface area (Å²) in [5, 5.41) is 10.3. The summed E-state index contributed by atoms with van der Waals surface area (Å²) >= 11 is 0. The Bertz CT molecular complexity index is 312. The second kappa shape index (κ2) is 5.46. The number of likely N-dealkylation sites (tertiary alicyclic amines) is 1. The Kier molecular flexibility index (Phi) is 3.97. The van der Waals surface area contributed by atoms with E-state index in [1.54, 1.807) is 0 Å². The molecule has 1 N–H and O–H groups in total. The minimum absolute atomic E-state index is 0.229. The molecule has 1 aromatic rings. The lowest BCUT2D eigenvalue weighted by Gasteiger charge is -2.35. The van der Waals surface area contributed by atoms with Gasteiger partial charge in [0.15, 0.2) is 0 Å². The molecule has 88 valence electrons. The molecule has 0 radical (unpaired) electrons. The molecule has 1 saturated heterocycles. The van der Waals surface area contributed by atoms with Gasteiger partial charge in [0.05, 0.1) is 6.10 Å². The summed E-state index contributed by atoms with van der Waals surface area (Å²) in [6, 6.07) is 10.6. The van der Waals surface area contributed by atoms with E-state index in [2.05, 4.69) is 24.1 Å². The van der Waals surface area contributed by atoms with Gasteiger partial charge in [0.25, 0.3) is 0 Å². The smallest absolute Gasteiger partial charge is 0.0735 e. The fourth-order valence-electron chi connectivity index (χ4n) is 2.58. The fraction of sp³-hybridized carbons (Fsp3) is 0.571. The Balaban J connectivity index is 1.94. The molecule has 2 unspecified atom stereocenters. The van der Waals surface area contributed by atoms with Crippen LogP contribution in [0.1, 0.15) is 24.8 Å². The van der Waals surface area contributed by atoms with Crippen LogP contribution >= 0.6 is 0 Å². The van der Waals surface area contributed by atoms with Crippen LogP contribution in [0.5, 0.6) is 0 Å². The van der Waals surface area contributed by atoms with Crippen molar-refractivity contribution in [3.63, 3.8) is 0 Å². The number of piperidine rings is 1. The molecule has 2 heteroatoms. The van der Waals surface area contributed by atoms with E-state index in [-0.39, 0.29) is 6.10 Å². The second-order valence-corrected chi connectivity index (χ2v) is 4.80. The van der Waals surface area contributed by atoms with Gasteiger partial charge in [0.1, 0.15) is 0 Å². The maximum absolute atomic E-state index is 10.3. The van der Waals surface area contributed by atoms with Crippen molar-refractivity contribution in [2.45, 2.75) is 37.8 Å². The van der Waals surface area contributed by atoms with E-state index in [4.69, 9.17) is 0 Å². The first-order chi connectivity index (χ1) is 7.77. The molecule has 2 rings (SSSR count). The maximum Gasteiger partial charge on any atom is 0.0735 e. The molecule has 0 amide bonds. The molecule has 0 saturated carbocycles. The third kappa shape index (κ3) is 2.83. The van der Waals surface area contributed by atoms with Crippen molar-refractivity contribution in [1.82, 2.24) is 4.90 Å². The van der Waals surface area contributed by atoms with Gasteiger partial charge >= 0.3 is 0 Å². The fourth-order valence-corrected chi connectivity index (χ4v) is 2.58. The Morgan fingerprint density at radius 3 is 2.75 bits per heavy atom. The molecular weight excluding hydrogens is 198 g/mol. The number of hydrogen-bond donors (Lipinski definition) is 1. The first-order valence-electron chi connectivity index (χ1n) is 6.19. The van der Waals surface area contributed by atoms with E-state index in [1.807, 2.05) is 18.2 Å². The minimum atomic E-state index is -0.229. The number of aliphatic hydroxyl groups is 1. The number of hydrogen-bond acceptors (Lipinski definition) is 2.